The molecule has 0 radical (unpaired) electrons. The first kappa shape index (κ1) is 13.4. The Morgan fingerprint density at radius 3 is 2.80 bits per heavy atom. The number of nitro benzene ring substituents is 1. The monoisotopic (exact) mass is 277 g/mol. The van der Waals surface area contributed by atoms with Gasteiger partial charge in [-0.3, -0.25) is 10.1 Å². The lowest BCUT2D eigenvalue weighted by Gasteiger charge is -2.21. The summed E-state index contributed by atoms with van der Waals surface area (Å²) in [6, 6.07) is 4.65. The van der Waals surface area contributed by atoms with Crippen LogP contribution in [0.3, 0.4) is 0 Å². The second-order valence-corrected chi connectivity index (χ2v) is 5.96. The van der Waals surface area contributed by atoms with Crippen LogP contribution < -0.4 is 4.74 Å². The Morgan fingerprint density at radius 2 is 2.20 bits per heavy atom. The number of ether oxygens (including phenoxy) is 1. The van der Waals surface area contributed by atoms with Crippen LogP contribution in [0.15, 0.2) is 18.2 Å². The fourth-order valence-corrected chi connectivity index (χ4v) is 3.70. The largest absolute Gasteiger partial charge is 0.487 e. The van der Waals surface area contributed by atoms with Crippen molar-refractivity contribution in [3.8, 4) is 5.75 Å². The average Bonchev–Trinajstić information content (AvgIpc) is 3.07. The van der Waals surface area contributed by atoms with Crippen LogP contribution in [-0.2, 0) is 6.61 Å². The quantitative estimate of drug-likeness (QED) is 0.663. The van der Waals surface area contributed by atoms with Crippen LogP contribution in [0.2, 0.25) is 0 Å². The lowest BCUT2D eigenvalue weighted by molar-refractivity contribution is -0.386. The fraction of sp³-hybridized carbons (Fsp3) is 0.600. The minimum atomic E-state index is -0.449. The van der Waals surface area contributed by atoms with E-state index in [1.807, 2.05) is 0 Å². The molecule has 2 aliphatic carbocycles. The molecule has 5 nitrogen and oxygen atoms in total. The molecular weight excluding hydrogens is 258 g/mol. The number of aliphatic hydroxyl groups excluding tert-OH is 1. The summed E-state index contributed by atoms with van der Waals surface area (Å²) in [4.78, 5) is 10.6. The first-order valence-corrected chi connectivity index (χ1v) is 7.18. The van der Waals surface area contributed by atoms with Crippen LogP contribution in [0.5, 0.6) is 5.75 Å². The zero-order valence-corrected chi connectivity index (χ0v) is 11.3. The normalized spacial score (nSPS) is 27.8. The summed E-state index contributed by atoms with van der Waals surface area (Å²) < 4.78 is 5.71. The maximum Gasteiger partial charge on any atom is 0.311 e. The molecule has 0 spiro atoms. The molecular formula is C15H19NO4. The number of hydrogen-bond acceptors (Lipinski definition) is 4. The zero-order chi connectivity index (χ0) is 14.1. The third kappa shape index (κ3) is 2.50. The predicted molar refractivity (Wildman–Crippen MR) is 73.5 cm³/mol. The van der Waals surface area contributed by atoms with Crippen molar-refractivity contribution < 1.29 is 14.8 Å². The predicted octanol–water partition coefficient (Wildman–Crippen LogP) is 2.90. The van der Waals surface area contributed by atoms with E-state index in [1.54, 1.807) is 12.1 Å². The van der Waals surface area contributed by atoms with E-state index in [2.05, 4.69) is 0 Å². The van der Waals surface area contributed by atoms with Gasteiger partial charge in [-0.15, -0.1) is 0 Å². The molecule has 1 aromatic carbocycles. The van der Waals surface area contributed by atoms with E-state index < -0.39 is 4.92 Å². The Morgan fingerprint density at radius 1 is 1.35 bits per heavy atom. The molecule has 0 saturated heterocycles. The lowest BCUT2D eigenvalue weighted by Crippen LogP contribution is -2.18. The van der Waals surface area contributed by atoms with Gasteiger partial charge in [-0.25, -0.2) is 0 Å². The van der Waals surface area contributed by atoms with Gasteiger partial charge in [-0.1, -0.05) is 12.5 Å². The van der Waals surface area contributed by atoms with Crippen molar-refractivity contribution in [1.29, 1.82) is 0 Å². The van der Waals surface area contributed by atoms with Crippen molar-refractivity contribution >= 4 is 5.69 Å². The minimum absolute atomic E-state index is 0.0558. The van der Waals surface area contributed by atoms with E-state index in [9.17, 15) is 10.1 Å². The Bertz CT molecular complexity index is 517. The molecule has 3 unspecified atom stereocenters. The third-order valence-electron chi connectivity index (χ3n) is 4.74. The molecule has 1 N–H and O–H groups in total. The van der Waals surface area contributed by atoms with Crippen LogP contribution in [0, 0.1) is 27.9 Å². The van der Waals surface area contributed by atoms with Crippen LogP contribution in [-0.4, -0.2) is 16.6 Å². The lowest BCUT2D eigenvalue weighted by atomic mass is 9.89. The van der Waals surface area contributed by atoms with Crippen molar-refractivity contribution in [2.45, 2.75) is 32.3 Å². The number of nitro groups is 1. The Labute approximate surface area is 117 Å². The molecule has 1 aromatic rings. The summed E-state index contributed by atoms with van der Waals surface area (Å²) in [5, 5.41) is 20.1. The van der Waals surface area contributed by atoms with Crippen molar-refractivity contribution in [2.75, 3.05) is 6.61 Å². The summed E-state index contributed by atoms with van der Waals surface area (Å²) in [6.45, 7) is 0.369. The van der Waals surface area contributed by atoms with Crippen molar-refractivity contribution in [3.05, 3.63) is 33.9 Å². The molecule has 2 saturated carbocycles. The number of benzene rings is 1. The summed E-state index contributed by atoms with van der Waals surface area (Å²) in [7, 11) is 0. The highest BCUT2D eigenvalue weighted by atomic mass is 16.6. The van der Waals surface area contributed by atoms with Crippen LogP contribution in [0.1, 0.15) is 31.2 Å². The molecule has 2 aliphatic rings. The summed E-state index contributed by atoms with van der Waals surface area (Å²) in [5.41, 5.74) is 0.476. The first-order valence-electron chi connectivity index (χ1n) is 7.18. The zero-order valence-electron chi connectivity index (χ0n) is 11.3. The van der Waals surface area contributed by atoms with Gasteiger partial charge in [-0.2, -0.15) is 0 Å². The van der Waals surface area contributed by atoms with E-state index >= 15 is 0 Å². The van der Waals surface area contributed by atoms with E-state index in [0.29, 0.717) is 23.8 Å². The number of rotatable bonds is 5. The standard InChI is InChI=1S/C15H19NO4/c17-8-11-2-4-15(14(7-11)16(18)19)20-9-13-6-10-1-3-12(13)5-10/h2,4,7,10,12-13,17H,1,3,5-6,8-9H2. The van der Waals surface area contributed by atoms with Crippen LogP contribution >= 0.6 is 0 Å². The summed E-state index contributed by atoms with van der Waals surface area (Å²) in [6.07, 6.45) is 5.13. The van der Waals surface area contributed by atoms with Gasteiger partial charge in [0.05, 0.1) is 18.1 Å². The van der Waals surface area contributed by atoms with Crippen molar-refractivity contribution in [2.24, 2.45) is 17.8 Å². The van der Waals surface area contributed by atoms with E-state index in [-0.39, 0.29) is 12.3 Å². The number of aliphatic hydroxyl groups is 1. The Kier molecular flexibility index (Phi) is 3.61. The summed E-state index contributed by atoms with van der Waals surface area (Å²) in [5.74, 6) is 2.46. The topological polar surface area (TPSA) is 72.6 Å². The average molecular weight is 277 g/mol. The molecule has 2 bridgehead atoms. The molecule has 2 fully saturated rings. The maximum atomic E-state index is 11.1. The fourth-order valence-electron chi connectivity index (χ4n) is 3.70. The molecule has 20 heavy (non-hydrogen) atoms. The molecule has 0 heterocycles. The Balaban J connectivity index is 1.69. The van der Waals surface area contributed by atoms with E-state index in [0.717, 1.165) is 11.8 Å². The van der Waals surface area contributed by atoms with E-state index in [4.69, 9.17) is 9.84 Å². The summed E-state index contributed by atoms with van der Waals surface area (Å²) >= 11 is 0. The second-order valence-electron chi connectivity index (χ2n) is 5.96. The molecule has 108 valence electrons. The maximum absolute atomic E-state index is 11.1. The van der Waals surface area contributed by atoms with Gasteiger partial charge in [0.2, 0.25) is 0 Å². The Hall–Kier alpha value is -1.62. The van der Waals surface area contributed by atoms with Crippen molar-refractivity contribution in [1.82, 2.24) is 0 Å². The van der Waals surface area contributed by atoms with Crippen molar-refractivity contribution in [3.63, 3.8) is 0 Å². The molecule has 3 rings (SSSR count). The van der Waals surface area contributed by atoms with Gasteiger partial charge >= 0.3 is 5.69 Å². The first-order chi connectivity index (χ1) is 9.67. The SMILES string of the molecule is O=[N+]([O-])c1cc(CO)ccc1OCC1CC2CCC1C2. The van der Waals surface area contributed by atoms with Gasteiger partial charge in [0, 0.05) is 6.07 Å². The number of hydrogen-bond donors (Lipinski definition) is 1. The van der Waals surface area contributed by atoms with Gasteiger partial charge in [0.15, 0.2) is 5.75 Å². The van der Waals surface area contributed by atoms with Gasteiger partial charge in [0.25, 0.3) is 0 Å². The van der Waals surface area contributed by atoms with Gasteiger partial charge in [-0.05, 0) is 48.6 Å². The van der Waals surface area contributed by atoms with Gasteiger partial charge < -0.3 is 9.84 Å². The smallest absolute Gasteiger partial charge is 0.311 e. The third-order valence-corrected chi connectivity index (χ3v) is 4.74. The second kappa shape index (κ2) is 5.40. The van der Waals surface area contributed by atoms with Crippen LogP contribution in [0.25, 0.3) is 0 Å². The number of fused-ring (bicyclic) bond motifs is 2. The molecule has 0 amide bonds. The van der Waals surface area contributed by atoms with Crippen LogP contribution in [0.4, 0.5) is 5.69 Å². The highest BCUT2D eigenvalue weighted by Gasteiger charge is 2.39. The number of nitrogens with zero attached hydrogens (tertiary/aromatic N) is 1. The molecule has 3 atom stereocenters. The minimum Gasteiger partial charge on any atom is -0.487 e. The van der Waals surface area contributed by atoms with Gasteiger partial charge in [0.1, 0.15) is 0 Å². The highest BCUT2D eigenvalue weighted by Crippen LogP contribution is 2.48. The highest BCUT2D eigenvalue weighted by molar-refractivity contribution is 5.48. The van der Waals surface area contributed by atoms with E-state index in [1.165, 1.54) is 31.7 Å². The molecule has 0 aliphatic heterocycles. The molecule has 5 heteroatoms. The molecule has 0 aromatic heterocycles.